The molecule has 3 aromatic heterocycles. The Morgan fingerprint density at radius 3 is 2.48 bits per heavy atom. The summed E-state index contributed by atoms with van der Waals surface area (Å²) in [5, 5.41) is 9.57. The molecule has 0 aliphatic rings. The van der Waals surface area contributed by atoms with Gasteiger partial charge in [-0.3, -0.25) is 14.3 Å². The van der Waals surface area contributed by atoms with Gasteiger partial charge in [-0.1, -0.05) is 0 Å². The van der Waals surface area contributed by atoms with Crippen LogP contribution in [0.25, 0.3) is 27.7 Å². The van der Waals surface area contributed by atoms with E-state index >= 15 is 0 Å². The van der Waals surface area contributed by atoms with E-state index in [1.54, 1.807) is 15.4 Å². The lowest BCUT2D eigenvalue weighted by molar-refractivity contribution is -0.155. The number of nitrogens with zero attached hydrogens (tertiary/aromatic N) is 5. The highest BCUT2D eigenvalue weighted by Crippen LogP contribution is 2.30. The van der Waals surface area contributed by atoms with E-state index in [-0.39, 0.29) is 12.3 Å². The first-order valence-electron chi connectivity index (χ1n) is 10.1. The number of aromatic nitrogens is 5. The van der Waals surface area contributed by atoms with Crippen LogP contribution in [0.1, 0.15) is 49.4 Å². The number of ether oxygens (including phenoxy) is 1. The summed E-state index contributed by atoms with van der Waals surface area (Å²) in [4.78, 5) is 29.2. The molecule has 0 amide bonds. The van der Waals surface area contributed by atoms with Gasteiger partial charge in [-0.2, -0.15) is 10.2 Å². The van der Waals surface area contributed by atoms with Crippen LogP contribution in [0.5, 0.6) is 0 Å². The molecule has 1 aromatic carbocycles. The number of carbonyl (C=O) groups excluding carboxylic acids is 2. The van der Waals surface area contributed by atoms with Gasteiger partial charge in [-0.25, -0.2) is 9.50 Å². The molecule has 0 aliphatic carbocycles. The molecular formula is C23H25N5O3. The maximum absolute atomic E-state index is 12.4. The van der Waals surface area contributed by atoms with Gasteiger partial charge in [0.05, 0.1) is 11.2 Å². The van der Waals surface area contributed by atoms with Crippen LogP contribution in [0.4, 0.5) is 0 Å². The maximum Gasteiger partial charge on any atom is 0.328 e. The maximum atomic E-state index is 12.4. The summed E-state index contributed by atoms with van der Waals surface area (Å²) < 4.78 is 8.72. The second-order valence-electron chi connectivity index (χ2n) is 8.77. The number of benzene rings is 1. The molecule has 4 rings (SSSR count). The predicted molar refractivity (Wildman–Crippen MR) is 117 cm³/mol. The van der Waals surface area contributed by atoms with Crippen LogP contribution in [-0.4, -0.2) is 41.7 Å². The lowest BCUT2D eigenvalue weighted by Crippen LogP contribution is -2.27. The smallest absolute Gasteiger partial charge is 0.328 e. The fraction of sp³-hybridized carbons (Fsp3) is 0.348. The minimum atomic E-state index is -0.595. The van der Waals surface area contributed by atoms with E-state index in [1.807, 2.05) is 59.0 Å². The Balaban J connectivity index is 1.82. The summed E-state index contributed by atoms with van der Waals surface area (Å²) in [6.07, 6.45) is 3.70. The van der Waals surface area contributed by atoms with Crippen molar-refractivity contribution in [3.63, 3.8) is 0 Å². The second kappa shape index (κ2) is 7.30. The molecule has 3 heterocycles. The molecule has 160 valence electrons. The zero-order chi connectivity index (χ0) is 22.5. The Morgan fingerprint density at radius 2 is 1.81 bits per heavy atom. The predicted octanol–water partition coefficient (Wildman–Crippen LogP) is 3.91. The summed E-state index contributed by atoms with van der Waals surface area (Å²) in [6, 6.07) is 5.82. The molecule has 8 heteroatoms. The number of ketones is 1. The van der Waals surface area contributed by atoms with Crippen LogP contribution >= 0.6 is 0 Å². The Hall–Kier alpha value is -3.55. The average Bonchev–Trinajstić information content (AvgIpc) is 3.19. The van der Waals surface area contributed by atoms with Crippen molar-refractivity contribution < 1.29 is 14.3 Å². The van der Waals surface area contributed by atoms with Crippen LogP contribution in [0, 0.1) is 13.8 Å². The number of Topliss-reactive ketones (excluding diaryl/α,β-unsaturated/α-hetero) is 1. The highest BCUT2D eigenvalue weighted by molar-refractivity contribution is 6.06. The van der Waals surface area contributed by atoms with Gasteiger partial charge in [0, 0.05) is 36.3 Å². The van der Waals surface area contributed by atoms with Crippen LogP contribution in [0.2, 0.25) is 0 Å². The third kappa shape index (κ3) is 4.05. The Labute approximate surface area is 179 Å². The van der Waals surface area contributed by atoms with Gasteiger partial charge in [0.15, 0.2) is 11.4 Å². The van der Waals surface area contributed by atoms with Crippen molar-refractivity contribution in [2.45, 2.75) is 53.7 Å². The molecule has 4 aromatic rings. The average molecular weight is 419 g/mol. The lowest BCUT2D eigenvalue weighted by atomic mass is 10.0. The second-order valence-corrected chi connectivity index (χ2v) is 8.77. The largest absolute Gasteiger partial charge is 0.459 e. The molecule has 31 heavy (non-hydrogen) atoms. The van der Waals surface area contributed by atoms with E-state index in [1.165, 1.54) is 6.92 Å². The van der Waals surface area contributed by atoms with E-state index in [9.17, 15) is 9.59 Å². The lowest BCUT2D eigenvalue weighted by Gasteiger charge is -2.19. The van der Waals surface area contributed by atoms with Crippen molar-refractivity contribution in [1.82, 2.24) is 24.4 Å². The number of aryl methyl sites for hydroxylation is 2. The van der Waals surface area contributed by atoms with Crippen LogP contribution in [0.15, 0.2) is 30.6 Å². The van der Waals surface area contributed by atoms with Gasteiger partial charge in [-0.05, 0) is 57.9 Å². The molecule has 0 radical (unpaired) electrons. The van der Waals surface area contributed by atoms with Gasteiger partial charge < -0.3 is 4.74 Å². The van der Waals surface area contributed by atoms with Crippen molar-refractivity contribution in [1.29, 1.82) is 0 Å². The first-order valence-corrected chi connectivity index (χ1v) is 10.1. The molecule has 0 unspecified atom stereocenters. The minimum Gasteiger partial charge on any atom is -0.459 e. The normalized spacial score (nSPS) is 11.9. The summed E-state index contributed by atoms with van der Waals surface area (Å²) in [6.45, 7) is 10.7. The molecule has 0 atom stereocenters. The molecular weight excluding hydrogens is 394 g/mol. The Morgan fingerprint density at radius 1 is 1.06 bits per heavy atom. The number of fused-ring (bicyclic) bond motifs is 2. The SMILES string of the molecule is CC(=O)c1nn(CC(=O)OC(C)(C)C)c2c(C)cc(-c3cnc4cc(C)nn4c3)cc12. The van der Waals surface area contributed by atoms with Gasteiger partial charge >= 0.3 is 5.97 Å². The highest BCUT2D eigenvalue weighted by atomic mass is 16.6. The molecule has 0 spiro atoms. The van der Waals surface area contributed by atoms with Gasteiger partial charge in [0.25, 0.3) is 0 Å². The van der Waals surface area contributed by atoms with Crippen LogP contribution < -0.4 is 0 Å². The van der Waals surface area contributed by atoms with E-state index < -0.39 is 11.6 Å². The topological polar surface area (TPSA) is 91.4 Å². The Bertz CT molecular complexity index is 1340. The monoisotopic (exact) mass is 419 g/mol. The van der Waals surface area contributed by atoms with Gasteiger partial charge in [0.2, 0.25) is 0 Å². The Kier molecular flexibility index (Phi) is 4.88. The fourth-order valence-electron chi connectivity index (χ4n) is 3.71. The summed E-state index contributed by atoms with van der Waals surface area (Å²) in [5.41, 5.74) is 4.79. The summed E-state index contributed by atoms with van der Waals surface area (Å²) in [7, 11) is 0. The van der Waals surface area contributed by atoms with E-state index in [2.05, 4.69) is 15.2 Å². The standard InChI is InChI=1S/C23H25N5O3/c1-13-7-16(17-10-24-19-8-14(2)25-27(19)11-17)9-18-21(15(3)29)26-28(22(13)18)12-20(30)31-23(4,5)6/h7-11H,12H2,1-6H3. The van der Waals surface area contributed by atoms with E-state index in [4.69, 9.17) is 4.74 Å². The number of rotatable bonds is 4. The zero-order valence-electron chi connectivity index (χ0n) is 18.6. The van der Waals surface area contributed by atoms with Crippen molar-refractivity contribution in [2.24, 2.45) is 0 Å². The van der Waals surface area contributed by atoms with Crippen molar-refractivity contribution in [2.75, 3.05) is 0 Å². The molecule has 0 bridgehead atoms. The first kappa shape index (κ1) is 20.7. The summed E-state index contributed by atoms with van der Waals surface area (Å²) >= 11 is 0. The van der Waals surface area contributed by atoms with Crippen molar-refractivity contribution >= 4 is 28.3 Å². The number of esters is 1. The number of hydrogen-bond acceptors (Lipinski definition) is 6. The third-order valence-electron chi connectivity index (χ3n) is 4.84. The molecule has 0 saturated heterocycles. The van der Waals surface area contributed by atoms with Crippen molar-refractivity contribution in [3.8, 4) is 11.1 Å². The van der Waals surface area contributed by atoms with Crippen molar-refractivity contribution in [3.05, 3.63) is 47.5 Å². The molecule has 0 fully saturated rings. The van der Waals surface area contributed by atoms with Crippen LogP contribution in [0.3, 0.4) is 0 Å². The molecule has 0 saturated carbocycles. The van der Waals surface area contributed by atoms with Gasteiger partial charge in [-0.15, -0.1) is 0 Å². The quantitative estimate of drug-likeness (QED) is 0.368. The highest BCUT2D eigenvalue weighted by Gasteiger charge is 2.22. The fourth-order valence-corrected chi connectivity index (χ4v) is 3.71. The molecule has 0 N–H and O–H groups in total. The van der Waals surface area contributed by atoms with Gasteiger partial charge in [0.1, 0.15) is 17.8 Å². The first-order chi connectivity index (χ1) is 14.5. The number of carbonyl (C=O) groups is 2. The molecule has 0 aliphatic heterocycles. The molecule has 8 nitrogen and oxygen atoms in total. The minimum absolute atomic E-state index is 0.0681. The van der Waals surface area contributed by atoms with E-state index in [0.29, 0.717) is 11.1 Å². The van der Waals surface area contributed by atoms with Crippen LogP contribution in [-0.2, 0) is 16.1 Å². The number of hydrogen-bond donors (Lipinski definition) is 0. The summed E-state index contributed by atoms with van der Waals surface area (Å²) in [5.74, 6) is -0.569. The van der Waals surface area contributed by atoms with E-state index in [0.717, 1.165) is 33.5 Å². The zero-order valence-corrected chi connectivity index (χ0v) is 18.6. The third-order valence-corrected chi connectivity index (χ3v) is 4.84.